The number of benzene rings is 3. The second-order valence-corrected chi connectivity index (χ2v) is 12.4. The predicted octanol–water partition coefficient (Wildman–Crippen LogP) is 7.25. The quantitative estimate of drug-likeness (QED) is 0.246. The highest BCUT2D eigenvalue weighted by molar-refractivity contribution is 8.19. The third-order valence-corrected chi connectivity index (χ3v) is 8.63. The molecule has 9 heteroatoms. The van der Waals surface area contributed by atoms with Crippen molar-refractivity contribution in [2.45, 2.75) is 44.7 Å². The number of fused-ring (bicyclic) bond motifs is 1. The first-order valence-electron chi connectivity index (χ1n) is 13.1. The summed E-state index contributed by atoms with van der Waals surface area (Å²) in [7, 11) is 1.99. The number of thioether (sulfide) groups is 2. The van der Waals surface area contributed by atoms with Gasteiger partial charge in [-0.25, -0.2) is 9.79 Å². The maximum atomic E-state index is 14.0. The summed E-state index contributed by atoms with van der Waals surface area (Å²) >= 11 is 2.96. The summed E-state index contributed by atoms with van der Waals surface area (Å²) < 4.78 is 5.60. The van der Waals surface area contributed by atoms with Crippen LogP contribution in [0.5, 0.6) is 0 Å². The predicted molar refractivity (Wildman–Crippen MR) is 165 cm³/mol. The van der Waals surface area contributed by atoms with Crippen LogP contribution < -0.4 is 10.2 Å². The van der Waals surface area contributed by atoms with Crippen LogP contribution in [-0.4, -0.2) is 41.1 Å². The molecule has 0 aliphatic carbocycles. The number of nitrogens with one attached hydrogen (secondary N) is 1. The van der Waals surface area contributed by atoms with Crippen molar-refractivity contribution >= 4 is 57.6 Å². The van der Waals surface area contributed by atoms with Crippen molar-refractivity contribution in [2.75, 3.05) is 23.8 Å². The van der Waals surface area contributed by atoms with Gasteiger partial charge in [-0.2, -0.15) is 0 Å². The lowest BCUT2D eigenvalue weighted by Crippen LogP contribution is -2.29. The van der Waals surface area contributed by atoms with Gasteiger partial charge in [0.1, 0.15) is 10.5 Å². The van der Waals surface area contributed by atoms with E-state index in [9.17, 15) is 9.59 Å². The molecule has 1 saturated heterocycles. The summed E-state index contributed by atoms with van der Waals surface area (Å²) in [6.45, 7) is 8.58. The minimum absolute atomic E-state index is 0.0944. The molecule has 1 N–H and O–H groups in total. The lowest BCUT2D eigenvalue weighted by Gasteiger charge is -2.20. The number of carbonyl (C=O) groups is 2. The van der Waals surface area contributed by atoms with E-state index in [0.29, 0.717) is 34.4 Å². The van der Waals surface area contributed by atoms with E-state index in [1.165, 1.54) is 11.8 Å². The van der Waals surface area contributed by atoms with E-state index < -0.39 is 11.6 Å². The van der Waals surface area contributed by atoms with Crippen molar-refractivity contribution in [2.24, 2.45) is 4.99 Å². The first-order valence-corrected chi connectivity index (χ1v) is 14.8. The van der Waals surface area contributed by atoms with Crippen LogP contribution in [0.2, 0.25) is 0 Å². The first kappa shape index (κ1) is 27.9. The number of hydrogen-bond acceptors (Lipinski definition) is 8. The molecule has 1 fully saturated rings. The largest absolute Gasteiger partial charge is 0.456 e. The Morgan fingerprint density at radius 3 is 2.42 bits per heavy atom. The minimum Gasteiger partial charge on any atom is -0.456 e. The molecule has 0 unspecified atom stereocenters. The molecule has 206 valence electrons. The Morgan fingerprint density at radius 2 is 1.73 bits per heavy atom. The fourth-order valence-electron chi connectivity index (χ4n) is 4.36. The molecule has 0 saturated carbocycles. The van der Waals surface area contributed by atoms with Crippen LogP contribution >= 0.6 is 23.5 Å². The van der Waals surface area contributed by atoms with E-state index >= 15 is 0 Å². The highest BCUT2D eigenvalue weighted by Gasteiger charge is 2.39. The molecular weight excluding hydrogens is 541 g/mol. The van der Waals surface area contributed by atoms with E-state index in [1.54, 1.807) is 28.8 Å². The number of esters is 1. The summed E-state index contributed by atoms with van der Waals surface area (Å²) in [5.74, 6) is -0.513. The number of anilines is 2. The van der Waals surface area contributed by atoms with E-state index in [2.05, 4.69) is 22.3 Å². The molecule has 2 aliphatic heterocycles. The lowest BCUT2D eigenvalue weighted by molar-refractivity contribution is -0.122. The van der Waals surface area contributed by atoms with Gasteiger partial charge in [0.05, 0.1) is 34.2 Å². The molecule has 3 aromatic rings. The standard InChI is InChI=1S/C31H32N4O3S2/c1-6-32-22-17-16-21(29(37)38-31(2,3)4)18-23(22)33-30-35(19-20-12-8-7-9-13-20)27(36)26(40-30)28-34(5)24-14-10-11-15-25(24)39-28/h7-18,32H,6,19H2,1-5H3/b28-26-,33-30-. The fraction of sp³-hybridized carbons (Fsp3) is 0.258. The highest BCUT2D eigenvalue weighted by Crippen LogP contribution is 2.50. The van der Waals surface area contributed by atoms with Gasteiger partial charge in [0, 0.05) is 18.5 Å². The monoisotopic (exact) mass is 572 g/mol. The summed E-state index contributed by atoms with van der Waals surface area (Å²) in [4.78, 5) is 37.4. The number of aliphatic imine (C=N–C) groups is 1. The average Bonchev–Trinajstić information content (AvgIpc) is 3.41. The number of amidine groups is 1. The third-order valence-electron chi connectivity index (χ3n) is 6.19. The maximum Gasteiger partial charge on any atom is 0.338 e. The van der Waals surface area contributed by atoms with Gasteiger partial charge in [-0.3, -0.25) is 9.69 Å². The third kappa shape index (κ3) is 5.90. The molecular formula is C31H32N4O3S2. The number of ether oxygens (including phenoxy) is 1. The molecule has 0 radical (unpaired) electrons. The van der Waals surface area contributed by atoms with Gasteiger partial charge in [0.2, 0.25) is 0 Å². The van der Waals surface area contributed by atoms with Gasteiger partial charge in [0.25, 0.3) is 5.91 Å². The van der Waals surface area contributed by atoms with Gasteiger partial charge >= 0.3 is 5.97 Å². The molecule has 2 heterocycles. The Morgan fingerprint density at radius 1 is 1.00 bits per heavy atom. The summed E-state index contributed by atoms with van der Waals surface area (Å²) in [6.07, 6.45) is 0. The second-order valence-electron chi connectivity index (χ2n) is 10.4. The zero-order valence-electron chi connectivity index (χ0n) is 23.2. The fourth-order valence-corrected chi connectivity index (χ4v) is 6.69. The van der Waals surface area contributed by atoms with Crippen LogP contribution in [0.3, 0.4) is 0 Å². The Balaban J connectivity index is 1.58. The van der Waals surface area contributed by atoms with Gasteiger partial charge in [0.15, 0.2) is 5.17 Å². The Labute approximate surface area is 243 Å². The Hall–Kier alpha value is -3.69. The van der Waals surface area contributed by atoms with Crippen LogP contribution in [0.25, 0.3) is 0 Å². The molecule has 0 aromatic heterocycles. The molecule has 5 rings (SSSR count). The maximum absolute atomic E-state index is 14.0. The second kappa shape index (κ2) is 11.4. The number of rotatable bonds is 6. The SMILES string of the molecule is CCNc1ccc(C(=O)OC(C)(C)C)cc1/N=C1\S/C(=C2\Sc3ccccc3N2C)C(=O)N1Cc1ccccc1. The van der Waals surface area contributed by atoms with Crippen molar-refractivity contribution in [3.05, 3.63) is 93.9 Å². The van der Waals surface area contributed by atoms with Crippen LogP contribution in [0.1, 0.15) is 43.6 Å². The van der Waals surface area contributed by atoms with Crippen molar-refractivity contribution in [3.63, 3.8) is 0 Å². The molecule has 1 amide bonds. The number of carbonyl (C=O) groups excluding carboxylic acids is 2. The van der Waals surface area contributed by atoms with Crippen molar-refractivity contribution in [1.82, 2.24) is 4.90 Å². The van der Waals surface area contributed by atoms with E-state index in [4.69, 9.17) is 9.73 Å². The number of hydrogen-bond donors (Lipinski definition) is 1. The van der Waals surface area contributed by atoms with E-state index in [-0.39, 0.29) is 5.91 Å². The summed E-state index contributed by atoms with van der Waals surface area (Å²) in [5, 5.41) is 4.77. The molecule has 0 atom stereocenters. The molecule has 0 spiro atoms. The average molecular weight is 573 g/mol. The zero-order chi connectivity index (χ0) is 28.4. The molecule has 40 heavy (non-hydrogen) atoms. The van der Waals surface area contributed by atoms with Gasteiger partial charge < -0.3 is 15.0 Å². The van der Waals surface area contributed by atoms with E-state index in [1.807, 2.05) is 83.3 Å². The number of amides is 1. The number of para-hydroxylation sites is 1. The highest BCUT2D eigenvalue weighted by atomic mass is 32.2. The van der Waals surface area contributed by atoms with Crippen LogP contribution in [0.4, 0.5) is 17.1 Å². The number of nitrogens with zero attached hydrogens (tertiary/aromatic N) is 3. The molecule has 7 nitrogen and oxygen atoms in total. The zero-order valence-corrected chi connectivity index (χ0v) is 24.9. The Kier molecular flexibility index (Phi) is 7.96. The first-order chi connectivity index (χ1) is 19.1. The smallest absolute Gasteiger partial charge is 0.338 e. The normalized spacial score (nSPS) is 17.9. The molecule has 0 bridgehead atoms. The van der Waals surface area contributed by atoms with Gasteiger partial charge in [-0.1, -0.05) is 54.2 Å². The Bertz CT molecular complexity index is 1510. The van der Waals surface area contributed by atoms with Gasteiger partial charge in [-0.15, -0.1) is 0 Å². The van der Waals surface area contributed by atoms with Crippen molar-refractivity contribution in [1.29, 1.82) is 0 Å². The van der Waals surface area contributed by atoms with Crippen LogP contribution in [0, 0.1) is 0 Å². The topological polar surface area (TPSA) is 74.2 Å². The van der Waals surface area contributed by atoms with E-state index in [0.717, 1.165) is 26.9 Å². The molecule has 2 aliphatic rings. The van der Waals surface area contributed by atoms with Crippen LogP contribution in [-0.2, 0) is 16.1 Å². The van der Waals surface area contributed by atoms with Crippen LogP contribution in [0.15, 0.2) is 92.6 Å². The summed E-state index contributed by atoms with van der Waals surface area (Å²) in [5.41, 5.74) is 3.20. The molecule has 3 aromatic carbocycles. The minimum atomic E-state index is -0.618. The lowest BCUT2D eigenvalue weighted by atomic mass is 10.1. The van der Waals surface area contributed by atoms with Crippen molar-refractivity contribution < 1.29 is 14.3 Å². The van der Waals surface area contributed by atoms with Gasteiger partial charge in [-0.05, 0) is 75.4 Å². The van der Waals surface area contributed by atoms with Crippen molar-refractivity contribution in [3.8, 4) is 0 Å². The summed E-state index contributed by atoms with van der Waals surface area (Å²) in [6, 6.07) is 23.3.